The highest BCUT2D eigenvalue weighted by Gasteiger charge is 2.51. The molecular weight excluding hydrogens is 240 g/mol. The molecular formula is C20H32. The number of hydrogen-bond acceptors (Lipinski definition) is 0. The number of allylic oxidation sites excluding steroid dienone is 5. The second kappa shape index (κ2) is 5.54. The van der Waals surface area contributed by atoms with Crippen molar-refractivity contribution < 1.29 is 0 Å². The average Bonchev–Trinajstić information content (AvgIpc) is 2.36. The molecule has 0 aromatic heterocycles. The lowest BCUT2D eigenvalue weighted by Crippen LogP contribution is -2.48. The third-order valence-electron chi connectivity index (χ3n) is 6.29. The second-order valence-electron chi connectivity index (χ2n) is 8.02. The van der Waals surface area contributed by atoms with Crippen molar-refractivity contribution in [3.05, 3.63) is 36.0 Å². The van der Waals surface area contributed by atoms with Gasteiger partial charge in [0.05, 0.1) is 0 Å². The standard InChI is InChI=1S/C20H32/c1-7-15(2)9-11-17-16(3)10-12-18-19(4,5)13-8-14-20(17,18)6/h7,9-10,17-18H,1,8,11-14H2,2-6H3/b15-9+/t17-,18-,20+/m0/s1. The number of fused-ring (bicyclic) bond motifs is 1. The van der Waals surface area contributed by atoms with Crippen molar-refractivity contribution in [2.45, 2.75) is 66.7 Å². The Bertz CT molecular complexity index is 435. The largest absolute Gasteiger partial charge is 0.0988 e. The summed E-state index contributed by atoms with van der Waals surface area (Å²) in [5.41, 5.74) is 3.92. The Labute approximate surface area is 126 Å². The van der Waals surface area contributed by atoms with Crippen LogP contribution in [0.15, 0.2) is 36.0 Å². The molecule has 1 fully saturated rings. The molecule has 0 unspecified atom stereocenters. The van der Waals surface area contributed by atoms with E-state index in [1.54, 1.807) is 5.57 Å². The third kappa shape index (κ3) is 2.67. The van der Waals surface area contributed by atoms with Crippen LogP contribution in [0, 0.1) is 22.7 Å². The predicted octanol–water partition coefficient (Wildman–Crippen LogP) is 6.31. The molecule has 0 N–H and O–H groups in total. The zero-order chi connectivity index (χ0) is 15.0. The van der Waals surface area contributed by atoms with Crippen LogP contribution in [0.3, 0.4) is 0 Å². The van der Waals surface area contributed by atoms with Gasteiger partial charge in [-0.1, -0.05) is 63.1 Å². The van der Waals surface area contributed by atoms with Crippen LogP contribution in [-0.2, 0) is 0 Å². The van der Waals surface area contributed by atoms with Crippen LogP contribution >= 0.6 is 0 Å². The molecule has 1 saturated carbocycles. The van der Waals surface area contributed by atoms with E-state index in [0.717, 1.165) is 11.8 Å². The molecule has 0 aromatic carbocycles. The summed E-state index contributed by atoms with van der Waals surface area (Å²) in [6, 6.07) is 0. The van der Waals surface area contributed by atoms with E-state index in [1.165, 1.54) is 37.7 Å². The van der Waals surface area contributed by atoms with Gasteiger partial charge in [0.25, 0.3) is 0 Å². The molecule has 0 saturated heterocycles. The monoisotopic (exact) mass is 272 g/mol. The topological polar surface area (TPSA) is 0 Å². The Kier molecular flexibility index (Phi) is 4.33. The zero-order valence-electron chi connectivity index (χ0n) is 14.1. The lowest BCUT2D eigenvalue weighted by Gasteiger charge is -2.56. The molecule has 20 heavy (non-hydrogen) atoms. The van der Waals surface area contributed by atoms with Gasteiger partial charge in [0.15, 0.2) is 0 Å². The van der Waals surface area contributed by atoms with Crippen LogP contribution in [0.25, 0.3) is 0 Å². The molecule has 0 aromatic rings. The normalized spacial score (nSPS) is 37.0. The highest BCUT2D eigenvalue weighted by molar-refractivity contribution is 5.21. The fraction of sp³-hybridized carbons (Fsp3) is 0.700. The van der Waals surface area contributed by atoms with Crippen LogP contribution in [0.2, 0.25) is 0 Å². The molecule has 0 aliphatic heterocycles. The molecule has 2 rings (SSSR count). The van der Waals surface area contributed by atoms with E-state index < -0.39 is 0 Å². The summed E-state index contributed by atoms with van der Waals surface area (Å²) in [6.07, 6.45) is 13.6. The van der Waals surface area contributed by atoms with Gasteiger partial charge in [0.1, 0.15) is 0 Å². The summed E-state index contributed by atoms with van der Waals surface area (Å²) in [4.78, 5) is 0. The van der Waals surface area contributed by atoms with Crippen molar-refractivity contribution >= 4 is 0 Å². The molecule has 0 heteroatoms. The molecule has 112 valence electrons. The summed E-state index contributed by atoms with van der Waals surface area (Å²) >= 11 is 0. The first-order valence-corrected chi connectivity index (χ1v) is 8.27. The maximum atomic E-state index is 3.88. The summed E-state index contributed by atoms with van der Waals surface area (Å²) in [7, 11) is 0. The predicted molar refractivity (Wildman–Crippen MR) is 89.7 cm³/mol. The lowest BCUT2D eigenvalue weighted by atomic mass is 9.48. The summed E-state index contributed by atoms with van der Waals surface area (Å²) in [5.74, 6) is 1.56. The molecule has 0 amide bonds. The van der Waals surface area contributed by atoms with Crippen molar-refractivity contribution in [3.8, 4) is 0 Å². The van der Waals surface area contributed by atoms with Gasteiger partial charge in [0.2, 0.25) is 0 Å². The van der Waals surface area contributed by atoms with Gasteiger partial charge < -0.3 is 0 Å². The molecule has 0 nitrogen and oxygen atoms in total. The van der Waals surface area contributed by atoms with Gasteiger partial charge >= 0.3 is 0 Å². The van der Waals surface area contributed by atoms with Crippen LogP contribution in [0.4, 0.5) is 0 Å². The Morgan fingerprint density at radius 2 is 2.05 bits per heavy atom. The number of hydrogen-bond donors (Lipinski definition) is 0. The van der Waals surface area contributed by atoms with Gasteiger partial charge in [0, 0.05) is 0 Å². The van der Waals surface area contributed by atoms with E-state index >= 15 is 0 Å². The highest BCUT2D eigenvalue weighted by atomic mass is 14.6. The van der Waals surface area contributed by atoms with E-state index in [0.29, 0.717) is 10.8 Å². The minimum atomic E-state index is 0.485. The van der Waals surface area contributed by atoms with E-state index in [-0.39, 0.29) is 0 Å². The Morgan fingerprint density at radius 3 is 2.70 bits per heavy atom. The van der Waals surface area contributed by atoms with Gasteiger partial charge in [-0.25, -0.2) is 0 Å². The first kappa shape index (κ1) is 15.6. The molecule has 0 heterocycles. The smallest absolute Gasteiger partial charge is 0.0114 e. The van der Waals surface area contributed by atoms with Crippen molar-refractivity contribution in [1.82, 2.24) is 0 Å². The minimum absolute atomic E-state index is 0.485. The minimum Gasteiger partial charge on any atom is -0.0988 e. The fourth-order valence-electron chi connectivity index (χ4n) is 4.98. The molecule has 0 spiro atoms. The number of rotatable bonds is 3. The first-order chi connectivity index (χ1) is 9.31. The van der Waals surface area contributed by atoms with Gasteiger partial charge in [-0.2, -0.15) is 0 Å². The molecule has 2 aliphatic carbocycles. The Balaban J connectivity index is 2.32. The molecule has 0 radical (unpaired) electrons. The molecule has 0 bridgehead atoms. The maximum Gasteiger partial charge on any atom is -0.0114 e. The summed E-state index contributed by atoms with van der Waals surface area (Å²) in [5, 5.41) is 0. The van der Waals surface area contributed by atoms with Gasteiger partial charge in [-0.3, -0.25) is 0 Å². The van der Waals surface area contributed by atoms with Crippen molar-refractivity contribution in [1.29, 1.82) is 0 Å². The third-order valence-corrected chi connectivity index (χ3v) is 6.29. The van der Waals surface area contributed by atoms with E-state index in [9.17, 15) is 0 Å². The lowest BCUT2D eigenvalue weighted by molar-refractivity contribution is -0.0361. The van der Waals surface area contributed by atoms with Crippen LogP contribution < -0.4 is 0 Å². The van der Waals surface area contributed by atoms with Crippen molar-refractivity contribution in [2.24, 2.45) is 22.7 Å². The maximum absolute atomic E-state index is 3.88. The zero-order valence-corrected chi connectivity index (χ0v) is 14.1. The SMILES string of the molecule is C=C/C(C)=C/C[C@H]1C(C)=CC[C@H]2C(C)(C)CCC[C@]12C. The first-order valence-electron chi connectivity index (χ1n) is 8.27. The van der Waals surface area contributed by atoms with Crippen LogP contribution in [0.1, 0.15) is 66.7 Å². The summed E-state index contributed by atoms with van der Waals surface area (Å²) < 4.78 is 0. The quantitative estimate of drug-likeness (QED) is 0.417. The van der Waals surface area contributed by atoms with Gasteiger partial charge in [-0.15, -0.1) is 0 Å². The van der Waals surface area contributed by atoms with Crippen molar-refractivity contribution in [3.63, 3.8) is 0 Å². The highest BCUT2D eigenvalue weighted by Crippen LogP contribution is 2.60. The van der Waals surface area contributed by atoms with Crippen molar-refractivity contribution in [2.75, 3.05) is 0 Å². The van der Waals surface area contributed by atoms with Crippen LogP contribution in [0.5, 0.6) is 0 Å². The van der Waals surface area contributed by atoms with E-state index in [1.807, 2.05) is 6.08 Å². The van der Waals surface area contributed by atoms with Gasteiger partial charge in [-0.05, 0) is 62.2 Å². The van der Waals surface area contributed by atoms with E-state index in [2.05, 4.69) is 53.3 Å². The fourth-order valence-corrected chi connectivity index (χ4v) is 4.98. The molecule has 3 atom stereocenters. The summed E-state index contributed by atoms with van der Waals surface area (Å²) in [6.45, 7) is 15.9. The molecule has 2 aliphatic rings. The van der Waals surface area contributed by atoms with Crippen LogP contribution in [-0.4, -0.2) is 0 Å². The Hall–Kier alpha value is -0.780. The van der Waals surface area contributed by atoms with E-state index in [4.69, 9.17) is 0 Å². The average molecular weight is 272 g/mol. The second-order valence-corrected chi connectivity index (χ2v) is 8.02. The Morgan fingerprint density at radius 1 is 1.35 bits per heavy atom.